The van der Waals surface area contributed by atoms with E-state index in [1.807, 2.05) is 37.3 Å². The van der Waals surface area contributed by atoms with E-state index in [4.69, 9.17) is 16.3 Å². The first-order chi connectivity index (χ1) is 15.2. The first-order valence-electron chi connectivity index (χ1n) is 12.0. The molecule has 2 aliphatic rings. The lowest BCUT2D eigenvalue weighted by Crippen LogP contribution is -2.37. The molecule has 0 aliphatic heterocycles. The molecule has 5 heteroatoms. The molecule has 0 bridgehead atoms. The van der Waals surface area contributed by atoms with E-state index in [-0.39, 0.29) is 54.5 Å². The number of esters is 1. The molecule has 32 heavy (non-hydrogen) atoms. The maximum atomic E-state index is 14.8. The summed E-state index contributed by atoms with van der Waals surface area (Å²) in [6.45, 7) is 5.97. The highest BCUT2D eigenvalue weighted by atomic mass is 35.5. The zero-order valence-electron chi connectivity index (χ0n) is 19.5. The third-order valence-corrected chi connectivity index (χ3v) is 8.18. The molecule has 2 fully saturated rings. The van der Waals surface area contributed by atoms with Crippen LogP contribution in [0.3, 0.4) is 0 Å². The Morgan fingerprint density at radius 2 is 1.97 bits per heavy atom. The minimum atomic E-state index is -1.15. The summed E-state index contributed by atoms with van der Waals surface area (Å²) in [7, 11) is 0. The van der Waals surface area contributed by atoms with Gasteiger partial charge in [0, 0.05) is 11.8 Å². The molecule has 2 saturated carbocycles. The predicted molar refractivity (Wildman–Crippen MR) is 126 cm³/mol. The van der Waals surface area contributed by atoms with Gasteiger partial charge >= 0.3 is 5.97 Å². The Bertz CT molecular complexity index is 779. The second kappa shape index (κ2) is 11.1. The number of hydrogen-bond donors (Lipinski definition) is 0. The number of alkyl halides is 3. The number of benzene rings is 1. The molecule has 7 atom stereocenters. The molecule has 1 aromatic carbocycles. The van der Waals surface area contributed by atoms with Crippen LogP contribution in [0.4, 0.5) is 8.78 Å². The molecule has 2 aliphatic carbocycles. The monoisotopic (exact) mass is 466 g/mol. The maximum Gasteiger partial charge on any atom is 0.306 e. The predicted octanol–water partition coefficient (Wildman–Crippen LogP) is 7.59. The highest BCUT2D eigenvalue weighted by Crippen LogP contribution is 2.44. The number of halogens is 3. The summed E-state index contributed by atoms with van der Waals surface area (Å²) in [5.41, 5.74) is 0.932. The van der Waals surface area contributed by atoms with Gasteiger partial charge in [0.15, 0.2) is 0 Å². The van der Waals surface area contributed by atoms with Gasteiger partial charge in [-0.1, -0.05) is 48.9 Å². The van der Waals surface area contributed by atoms with Gasteiger partial charge in [0.25, 0.3) is 0 Å². The standard InChI is InChI=1S/C27H37ClF2O2/c1-18(24-10-7-11-27(3,30)19(24)2)12-21-13-23(29)15-22(25(28)14-21)16-26(31)32-17-20-8-5-4-6-9-20/h4-6,8-9,12,19,21-25H,7,10-11,13-17H2,1-3H3/b18-12-/t19-,21?,22?,23+,24?,25-,27?/m0/s1. The van der Waals surface area contributed by atoms with Crippen molar-refractivity contribution in [3.63, 3.8) is 0 Å². The number of allylic oxidation sites excluding steroid dienone is 2. The largest absolute Gasteiger partial charge is 0.461 e. The van der Waals surface area contributed by atoms with Crippen LogP contribution >= 0.6 is 11.6 Å². The molecule has 4 unspecified atom stereocenters. The Kier molecular flexibility index (Phi) is 8.77. The van der Waals surface area contributed by atoms with Gasteiger partial charge in [-0.05, 0) is 81.6 Å². The van der Waals surface area contributed by atoms with Crippen LogP contribution in [0.2, 0.25) is 0 Å². The van der Waals surface area contributed by atoms with Crippen LogP contribution in [-0.4, -0.2) is 23.2 Å². The Morgan fingerprint density at radius 1 is 1.25 bits per heavy atom. The van der Waals surface area contributed by atoms with Crippen LogP contribution in [0, 0.1) is 23.7 Å². The SMILES string of the molecule is C/C(=C/C1C[C@@H](F)CC(CC(=O)OCc2ccccc2)[C@@H](Cl)C1)C1CCCC(C)(F)[C@H]1C. The van der Waals surface area contributed by atoms with Crippen molar-refractivity contribution in [3.05, 3.63) is 47.5 Å². The number of rotatable bonds is 6. The molecule has 0 spiro atoms. The molecule has 0 radical (unpaired) electrons. The molecule has 0 N–H and O–H groups in total. The third kappa shape index (κ3) is 6.79. The normalized spacial score (nSPS) is 36.4. The molecular weight excluding hydrogens is 430 g/mol. The van der Waals surface area contributed by atoms with Crippen LogP contribution in [-0.2, 0) is 16.1 Å². The zero-order chi connectivity index (χ0) is 23.3. The molecule has 0 heterocycles. The first kappa shape index (κ1) is 25.2. The molecule has 1 aromatic rings. The molecule has 178 valence electrons. The third-order valence-electron chi connectivity index (χ3n) is 7.65. The Labute approximate surface area is 196 Å². The fourth-order valence-corrected chi connectivity index (χ4v) is 5.94. The van der Waals surface area contributed by atoms with Crippen LogP contribution in [0.25, 0.3) is 0 Å². The van der Waals surface area contributed by atoms with Crippen LogP contribution in [0.15, 0.2) is 42.0 Å². The minimum absolute atomic E-state index is 0.0119. The molecule has 3 rings (SSSR count). The number of hydrogen-bond acceptors (Lipinski definition) is 2. The fraction of sp³-hybridized carbons (Fsp3) is 0.667. The average molecular weight is 467 g/mol. The highest BCUT2D eigenvalue weighted by Gasteiger charge is 2.40. The van der Waals surface area contributed by atoms with E-state index in [1.165, 1.54) is 0 Å². The summed E-state index contributed by atoms with van der Waals surface area (Å²) in [6, 6.07) is 9.51. The van der Waals surface area contributed by atoms with Crippen molar-refractivity contribution in [2.75, 3.05) is 0 Å². The van der Waals surface area contributed by atoms with Gasteiger partial charge in [0.2, 0.25) is 0 Å². The topological polar surface area (TPSA) is 26.3 Å². The smallest absolute Gasteiger partial charge is 0.306 e. The summed E-state index contributed by atoms with van der Waals surface area (Å²) in [5, 5.41) is -0.288. The van der Waals surface area contributed by atoms with Crippen molar-refractivity contribution in [1.82, 2.24) is 0 Å². The number of ether oxygens (including phenoxy) is 1. The lowest BCUT2D eigenvalue weighted by molar-refractivity contribution is -0.146. The number of carbonyl (C=O) groups excluding carboxylic acids is 1. The fourth-order valence-electron chi connectivity index (χ4n) is 5.52. The zero-order valence-corrected chi connectivity index (χ0v) is 20.3. The quantitative estimate of drug-likeness (QED) is 0.187. The van der Waals surface area contributed by atoms with Gasteiger partial charge in [-0.2, -0.15) is 0 Å². The highest BCUT2D eigenvalue weighted by molar-refractivity contribution is 6.20. The average Bonchev–Trinajstić information content (AvgIpc) is 2.86. The van der Waals surface area contributed by atoms with Crippen molar-refractivity contribution in [3.8, 4) is 0 Å². The molecule has 0 amide bonds. The Hall–Kier alpha value is -1.42. The molecular formula is C27H37ClF2O2. The molecule has 0 saturated heterocycles. The van der Waals surface area contributed by atoms with E-state index in [0.717, 1.165) is 24.0 Å². The summed E-state index contributed by atoms with van der Waals surface area (Å²) >= 11 is 6.69. The summed E-state index contributed by atoms with van der Waals surface area (Å²) in [4.78, 5) is 12.4. The van der Waals surface area contributed by atoms with E-state index in [9.17, 15) is 13.6 Å². The van der Waals surface area contributed by atoms with Crippen molar-refractivity contribution < 1.29 is 18.3 Å². The van der Waals surface area contributed by atoms with Gasteiger partial charge in [-0.25, -0.2) is 8.78 Å². The summed E-state index contributed by atoms with van der Waals surface area (Å²) in [6.07, 6.45) is 5.06. The lowest BCUT2D eigenvalue weighted by atomic mass is 9.69. The second-order valence-electron chi connectivity index (χ2n) is 10.2. The van der Waals surface area contributed by atoms with Gasteiger partial charge < -0.3 is 4.74 Å². The summed E-state index contributed by atoms with van der Waals surface area (Å²) < 4.78 is 35.0. The van der Waals surface area contributed by atoms with Crippen LogP contribution in [0.1, 0.15) is 71.3 Å². The van der Waals surface area contributed by atoms with E-state index in [2.05, 4.69) is 13.0 Å². The van der Waals surface area contributed by atoms with Gasteiger partial charge in [0.1, 0.15) is 18.4 Å². The van der Waals surface area contributed by atoms with Gasteiger partial charge in [0.05, 0.1) is 0 Å². The number of carbonyl (C=O) groups is 1. The van der Waals surface area contributed by atoms with E-state index in [0.29, 0.717) is 19.3 Å². The second-order valence-corrected chi connectivity index (χ2v) is 10.7. The van der Waals surface area contributed by atoms with Crippen molar-refractivity contribution in [1.29, 1.82) is 0 Å². The lowest BCUT2D eigenvalue weighted by Gasteiger charge is -2.40. The van der Waals surface area contributed by atoms with E-state index in [1.54, 1.807) is 6.92 Å². The van der Waals surface area contributed by atoms with Crippen molar-refractivity contribution >= 4 is 17.6 Å². The van der Waals surface area contributed by atoms with Gasteiger partial charge in [-0.15, -0.1) is 11.6 Å². The minimum Gasteiger partial charge on any atom is -0.461 e. The van der Waals surface area contributed by atoms with E-state index < -0.39 is 11.8 Å². The summed E-state index contributed by atoms with van der Waals surface area (Å²) in [5.74, 6) is -0.412. The van der Waals surface area contributed by atoms with Crippen molar-refractivity contribution in [2.24, 2.45) is 23.7 Å². The van der Waals surface area contributed by atoms with Gasteiger partial charge in [-0.3, -0.25) is 4.79 Å². The Morgan fingerprint density at radius 3 is 2.69 bits per heavy atom. The van der Waals surface area contributed by atoms with Crippen molar-refractivity contribution in [2.45, 2.75) is 89.5 Å². The molecule has 2 nitrogen and oxygen atoms in total. The van der Waals surface area contributed by atoms with E-state index >= 15 is 0 Å². The molecule has 0 aromatic heterocycles. The maximum absolute atomic E-state index is 14.8. The Balaban J connectivity index is 1.58. The van der Waals surface area contributed by atoms with Crippen LogP contribution in [0.5, 0.6) is 0 Å². The first-order valence-corrected chi connectivity index (χ1v) is 12.4. The van der Waals surface area contributed by atoms with Crippen LogP contribution < -0.4 is 0 Å².